The molecule has 10 nitrogen and oxygen atoms in total. The number of hydrogen-bond donors (Lipinski definition) is 0. The molecular formula is C27H35ClN4O6S2. The third kappa shape index (κ3) is 6.37. The normalized spacial score (nSPS) is 16.6. The molecular weight excluding hydrogens is 576 g/mol. The Bertz CT molecular complexity index is 1380. The minimum atomic E-state index is -3.70. The standard InChI is InChI=1S/C27H34N4O6S2.ClH/c1-4-30(5-2)12-13-31(27-28-22-15-23-24(37-18-36-23)16-25(22)38-27)26(32)19-8-10-21(11-9-19)39(33,34)29(3)17-20-7-6-14-35-20;/h8-11,15-16,20H,4-7,12-14,17-18H2,1-3H3;1H. The fourth-order valence-corrected chi connectivity index (χ4v) is 6.97. The minimum Gasteiger partial charge on any atom is -0.454 e. The summed E-state index contributed by atoms with van der Waals surface area (Å²) in [5.74, 6) is 1.07. The van der Waals surface area contributed by atoms with Crippen molar-refractivity contribution in [1.82, 2.24) is 14.2 Å². The van der Waals surface area contributed by atoms with Gasteiger partial charge in [-0.1, -0.05) is 25.2 Å². The van der Waals surface area contributed by atoms with Crippen LogP contribution in [0.4, 0.5) is 5.13 Å². The number of benzene rings is 2. The second-order valence-electron chi connectivity index (χ2n) is 9.60. The lowest BCUT2D eigenvalue weighted by Crippen LogP contribution is -2.39. The van der Waals surface area contributed by atoms with Crippen LogP contribution in [0.15, 0.2) is 41.3 Å². The number of aromatic nitrogens is 1. The third-order valence-corrected chi connectivity index (χ3v) is 10.1. The van der Waals surface area contributed by atoms with Crippen LogP contribution >= 0.6 is 23.7 Å². The molecule has 1 atom stereocenters. The number of hydrogen-bond acceptors (Lipinski definition) is 9. The molecule has 0 bridgehead atoms. The maximum Gasteiger partial charge on any atom is 0.260 e. The highest BCUT2D eigenvalue weighted by Gasteiger charge is 2.28. The van der Waals surface area contributed by atoms with Gasteiger partial charge in [0.2, 0.25) is 16.8 Å². The van der Waals surface area contributed by atoms with Gasteiger partial charge in [-0.3, -0.25) is 9.69 Å². The van der Waals surface area contributed by atoms with E-state index in [0.29, 0.717) is 48.4 Å². The number of likely N-dealkylation sites (N-methyl/N-ethyl adjacent to an activating group) is 2. The molecule has 0 aliphatic carbocycles. The fraction of sp³-hybridized carbons (Fsp3) is 0.481. The van der Waals surface area contributed by atoms with Crippen LogP contribution in [-0.4, -0.2) is 87.8 Å². The summed E-state index contributed by atoms with van der Waals surface area (Å²) in [6.45, 7) is 8.18. The number of thiazole rings is 1. The molecule has 0 saturated carbocycles. The summed E-state index contributed by atoms with van der Waals surface area (Å²) in [7, 11) is -2.14. The molecule has 1 aromatic heterocycles. The Balaban J connectivity index is 0.00000370. The van der Waals surface area contributed by atoms with Crippen LogP contribution in [0.1, 0.15) is 37.0 Å². The molecule has 1 saturated heterocycles. The molecule has 1 fully saturated rings. The average molecular weight is 611 g/mol. The Hall–Kier alpha value is -2.48. The Labute approximate surface area is 245 Å². The Kier molecular flexibility index (Phi) is 9.91. The number of sulfonamides is 1. The number of fused-ring (bicyclic) bond motifs is 2. The summed E-state index contributed by atoms with van der Waals surface area (Å²) in [4.78, 5) is 22.6. The van der Waals surface area contributed by atoms with Crippen LogP contribution in [0.25, 0.3) is 10.2 Å². The summed E-state index contributed by atoms with van der Waals surface area (Å²) in [5, 5.41) is 0.568. The van der Waals surface area contributed by atoms with E-state index in [9.17, 15) is 13.2 Å². The first-order chi connectivity index (χ1) is 18.8. The molecule has 13 heteroatoms. The zero-order valence-electron chi connectivity index (χ0n) is 22.9. The van der Waals surface area contributed by atoms with Gasteiger partial charge in [-0.15, -0.1) is 12.4 Å². The number of anilines is 1. The van der Waals surface area contributed by atoms with Gasteiger partial charge in [-0.2, -0.15) is 4.31 Å². The quantitative estimate of drug-likeness (QED) is 0.318. The fourth-order valence-electron chi connectivity index (χ4n) is 4.77. The number of carbonyl (C=O) groups excluding carboxylic acids is 1. The molecule has 0 N–H and O–H groups in total. The van der Waals surface area contributed by atoms with E-state index in [2.05, 4.69) is 18.7 Å². The lowest BCUT2D eigenvalue weighted by Gasteiger charge is -2.25. The maximum absolute atomic E-state index is 13.8. The number of rotatable bonds is 11. The smallest absolute Gasteiger partial charge is 0.260 e. The van der Waals surface area contributed by atoms with Crippen LogP contribution in [0.5, 0.6) is 11.5 Å². The first-order valence-corrected chi connectivity index (χ1v) is 15.5. The summed E-state index contributed by atoms with van der Waals surface area (Å²) in [5.41, 5.74) is 1.12. The van der Waals surface area contributed by atoms with Crippen LogP contribution in [-0.2, 0) is 14.8 Å². The van der Waals surface area contributed by atoms with E-state index in [1.54, 1.807) is 24.1 Å². The van der Waals surface area contributed by atoms with Gasteiger partial charge in [0.25, 0.3) is 5.91 Å². The van der Waals surface area contributed by atoms with E-state index in [0.717, 1.165) is 36.1 Å². The Morgan fingerprint density at radius 1 is 1.07 bits per heavy atom. The zero-order valence-corrected chi connectivity index (χ0v) is 25.3. The molecule has 3 heterocycles. The van der Waals surface area contributed by atoms with E-state index in [1.807, 2.05) is 12.1 Å². The summed E-state index contributed by atoms with van der Waals surface area (Å²) in [6, 6.07) is 9.85. The highest BCUT2D eigenvalue weighted by Crippen LogP contribution is 2.40. The average Bonchev–Trinajstić information content (AvgIpc) is 3.70. The zero-order chi connectivity index (χ0) is 27.6. The van der Waals surface area contributed by atoms with Gasteiger partial charge in [-0.05, 0) is 50.2 Å². The molecule has 0 radical (unpaired) electrons. The van der Waals surface area contributed by atoms with Crippen molar-refractivity contribution >= 4 is 55.0 Å². The van der Waals surface area contributed by atoms with Crippen LogP contribution in [0.2, 0.25) is 0 Å². The highest BCUT2D eigenvalue weighted by atomic mass is 35.5. The first kappa shape index (κ1) is 30.5. The Morgan fingerprint density at radius 3 is 2.42 bits per heavy atom. The van der Waals surface area contributed by atoms with E-state index < -0.39 is 10.0 Å². The van der Waals surface area contributed by atoms with Crippen molar-refractivity contribution in [3.63, 3.8) is 0 Å². The van der Waals surface area contributed by atoms with Gasteiger partial charge in [-0.25, -0.2) is 13.4 Å². The van der Waals surface area contributed by atoms with Crippen molar-refractivity contribution < 1.29 is 27.4 Å². The first-order valence-electron chi connectivity index (χ1n) is 13.2. The predicted octanol–water partition coefficient (Wildman–Crippen LogP) is 4.23. The lowest BCUT2D eigenvalue weighted by atomic mass is 10.2. The number of nitrogens with zero attached hydrogens (tertiary/aromatic N) is 4. The molecule has 0 spiro atoms. The number of carbonyl (C=O) groups is 1. The Morgan fingerprint density at radius 2 is 1.77 bits per heavy atom. The molecule has 218 valence electrons. The molecule has 3 aromatic rings. The van der Waals surface area contributed by atoms with E-state index in [-0.39, 0.29) is 36.1 Å². The second-order valence-corrected chi connectivity index (χ2v) is 12.7. The van der Waals surface area contributed by atoms with Crippen molar-refractivity contribution in [3.8, 4) is 11.5 Å². The summed E-state index contributed by atoms with van der Waals surface area (Å²) in [6.07, 6.45) is 1.71. The van der Waals surface area contributed by atoms with E-state index >= 15 is 0 Å². The van der Waals surface area contributed by atoms with Crippen LogP contribution in [0.3, 0.4) is 0 Å². The molecule has 1 unspecified atom stereocenters. The third-order valence-electron chi connectivity index (χ3n) is 7.18. The second kappa shape index (κ2) is 13.0. The van der Waals surface area contributed by atoms with Crippen molar-refractivity contribution in [1.29, 1.82) is 0 Å². The summed E-state index contributed by atoms with van der Waals surface area (Å²) >= 11 is 1.41. The predicted molar refractivity (Wildman–Crippen MR) is 158 cm³/mol. The molecule has 2 aromatic carbocycles. The topological polar surface area (TPSA) is 102 Å². The number of ether oxygens (including phenoxy) is 3. The van der Waals surface area contributed by atoms with E-state index in [1.165, 1.54) is 27.8 Å². The van der Waals surface area contributed by atoms with Crippen LogP contribution in [0, 0.1) is 0 Å². The number of amides is 1. The van der Waals surface area contributed by atoms with Gasteiger partial charge >= 0.3 is 0 Å². The van der Waals surface area contributed by atoms with Crippen molar-refractivity contribution in [3.05, 3.63) is 42.0 Å². The van der Waals surface area contributed by atoms with Gasteiger partial charge in [0.1, 0.15) is 0 Å². The van der Waals surface area contributed by atoms with Crippen molar-refractivity contribution in [2.45, 2.75) is 37.7 Å². The molecule has 40 heavy (non-hydrogen) atoms. The molecule has 2 aliphatic heterocycles. The SMILES string of the molecule is CCN(CC)CCN(C(=O)c1ccc(S(=O)(=O)N(C)CC2CCCO2)cc1)c1nc2cc3c(cc2s1)OCO3.Cl. The van der Waals surface area contributed by atoms with Crippen molar-refractivity contribution in [2.75, 3.05) is 58.1 Å². The minimum absolute atomic E-state index is 0. The van der Waals surface area contributed by atoms with Crippen molar-refractivity contribution in [2.24, 2.45) is 0 Å². The molecule has 2 aliphatic rings. The molecule has 5 rings (SSSR count). The summed E-state index contributed by atoms with van der Waals surface area (Å²) < 4.78 is 45.1. The largest absolute Gasteiger partial charge is 0.454 e. The van der Waals surface area contributed by atoms with E-state index in [4.69, 9.17) is 19.2 Å². The van der Waals surface area contributed by atoms with Gasteiger partial charge in [0.15, 0.2) is 16.6 Å². The van der Waals surface area contributed by atoms with Crippen LogP contribution < -0.4 is 14.4 Å². The molecule has 1 amide bonds. The highest BCUT2D eigenvalue weighted by molar-refractivity contribution is 7.89. The maximum atomic E-state index is 13.8. The van der Waals surface area contributed by atoms with Gasteiger partial charge in [0.05, 0.1) is 21.2 Å². The lowest BCUT2D eigenvalue weighted by molar-refractivity contribution is 0.0978. The van der Waals surface area contributed by atoms with Gasteiger partial charge in [0, 0.05) is 51.0 Å². The number of halogens is 1. The monoisotopic (exact) mass is 610 g/mol. The van der Waals surface area contributed by atoms with Gasteiger partial charge < -0.3 is 19.1 Å².